The third-order valence-electron chi connectivity index (χ3n) is 0.421. The monoisotopic (exact) mass is 129 g/mol. The number of urea groups is 1. The zero-order chi connectivity index (χ0) is 7.28. The van der Waals surface area contributed by atoms with Crippen LogP contribution >= 0.6 is 0 Å². The standard InChI is InChI=1S/C4H7N3O2/c1-3(8)2-6-7-4(5)9/h2H,1H3,(H3,5,7,9). The quantitative estimate of drug-likeness (QED) is 0.379. The van der Waals surface area contributed by atoms with Crippen molar-refractivity contribution in [2.24, 2.45) is 10.8 Å². The Morgan fingerprint density at radius 2 is 2.22 bits per heavy atom. The number of hydrazone groups is 1. The summed E-state index contributed by atoms with van der Waals surface area (Å²) in [5.74, 6) is -0.247. The van der Waals surface area contributed by atoms with E-state index in [9.17, 15) is 9.59 Å². The highest BCUT2D eigenvalue weighted by molar-refractivity contribution is 6.26. The molecule has 0 aliphatic carbocycles. The van der Waals surface area contributed by atoms with Gasteiger partial charge in [0, 0.05) is 6.92 Å². The van der Waals surface area contributed by atoms with E-state index in [0.29, 0.717) is 0 Å². The zero-order valence-electron chi connectivity index (χ0n) is 4.92. The third-order valence-corrected chi connectivity index (χ3v) is 0.421. The fraction of sp³-hybridized carbons (Fsp3) is 0.250. The van der Waals surface area contributed by atoms with Gasteiger partial charge in [0.15, 0.2) is 5.78 Å². The van der Waals surface area contributed by atoms with Gasteiger partial charge < -0.3 is 5.73 Å². The number of nitrogens with zero attached hydrogens (tertiary/aromatic N) is 1. The first kappa shape index (κ1) is 7.61. The lowest BCUT2D eigenvalue weighted by molar-refractivity contribution is -0.110. The molecule has 50 valence electrons. The van der Waals surface area contributed by atoms with Gasteiger partial charge in [-0.25, -0.2) is 10.2 Å². The molecule has 0 rings (SSSR count). The van der Waals surface area contributed by atoms with E-state index in [2.05, 4.69) is 10.8 Å². The van der Waals surface area contributed by atoms with Gasteiger partial charge in [0.05, 0.1) is 6.21 Å². The first-order valence-electron chi connectivity index (χ1n) is 2.22. The van der Waals surface area contributed by atoms with Crippen molar-refractivity contribution in [3.8, 4) is 0 Å². The predicted molar refractivity (Wildman–Crippen MR) is 31.9 cm³/mol. The van der Waals surface area contributed by atoms with Crippen LogP contribution in [0.2, 0.25) is 0 Å². The third kappa shape index (κ3) is 6.61. The lowest BCUT2D eigenvalue weighted by Crippen LogP contribution is -2.24. The van der Waals surface area contributed by atoms with Crippen molar-refractivity contribution < 1.29 is 9.59 Å². The normalized spacial score (nSPS) is 9.44. The molecule has 0 fully saturated rings. The van der Waals surface area contributed by atoms with E-state index in [1.165, 1.54) is 6.92 Å². The van der Waals surface area contributed by atoms with E-state index in [0.717, 1.165) is 6.21 Å². The van der Waals surface area contributed by atoms with Crippen LogP contribution in [-0.4, -0.2) is 18.0 Å². The Morgan fingerprint density at radius 1 is 1.67 bits per heavy atom. The number of carbonyl (C=O) groups is 2. The number of nitrogens with two attached hydrogens (primary N) is 1. The van der Waals surface area contributed by atoms with Crippen LogP contribution in [0.4, 0.5) is 4.79 Å². The second-order valence-electron chi connectivity index (χ2n) is 1.34. The molecule has 0 spiro atoms. The lowest BCUT2D eigenvalue weighted by atomic mass is 10.5. The molecule has 2 amide bonds. The van der Waals surface area contributed by atoms with E-state index in [4.69, 9.17) is 0 Å². The van der Waals surface area contributed by atoms with Crippen molar-refractivity contribution >= 4 is 18.0 Å². The molecule has 0 radical (unpaired) electrons. The molecule has 0 aliphatic rings. The topological polar surface area (TPSA) is 84.6 Å². The molecule has 0 unspecified atom stereocenters. The zero-order valence-corrected chi connectivity index (χ0v) is 4.92. The van der Waals surface area contributed by atoms with Crippen molar-refractivity contribution in [1.29, 1.82) is 0 Å². The van der Waals surface area contributed by atoms with Crippen LogP contribution in [0, 0.1) is 0 Å². The van der Waals surface area contributed by atoms with Crippen LogP contribution in [0.25, 0.3) is 0 Å². The summed E-state index contributed by atoms with van der Waals surface area (Å²) in [5, 5.41) is 3.17. The fourth-order valence-electron chi connectivity index (χ4n) is 0.187. The average Bonchev–Trinajstić information content (AvgIpc) is 1.63. The molecule has 0 saturated heterocycles. The second-order valence-corrected chi connectivity index (χ2v) is 1.34. The summed E-state index contributed by atoms with van der Waals surface area (Å²) in [5.41, 5.74) is 6.47. The van der Waals surface area contributed by atoms with Gasteiger partial charge >= 0.3 is 6.03 Å². The molecular formula is C4H7N3O2. The number of nitrogens with one attached hydrogen (secondary N) is 1. The van der Waals surface area contributed by atoms with Gasteiger partial charge in [0.2, 0.25) is 0 Å². The molecule has 0 aromatic carbocycles. The molecule has 0 aromatic heterocycles. The van der Waals surface area contributed by atoms with Crippen LogP contribution in [0.15, 0.2) is 5.10 Å². The fourth-order valence-corrected chi connectivity index (χ4v) is 0.187. The summed E-state index contributed by atoms with van der Waals surface area (Å²) in [6.45, 7) is 1.31. The summed E-state index contributed by atoms with van der Waals surface area (Å²) in [6, 6.07) is -0.785. The molecule has 5 heteroatoms. The molecular weight excluding hydrogens is 122 g/mol. The summed E-state index contributed by atoms with van der Waals surface area (Å²) < 4.78 is 0. The minimum atomic E-state index is -0.785. The van der Waals surface area contributed by atoms with Crippen LogP contribution in [0.3, 0.4) is 0 Å². The minimum absolute atomic E-state index is 0.247. The molecule has 0 bridgehead atoms. The number of hydrogen-bond acceptors (Lipinski definition) is 3. The van der Waals surface area contributed by atoms with Gasteiger partial charge in [-0.05, 0) is 0 Å². The minimum Gasteiger partial charge on any atom is -0.350 e. The van der Waals surface area contributed by atoms with Crippen molar-refractivity contribution in [3.63, 3.8) is 0 Å². The Balaban J connectivity index is 3.48. The Labute approximate surface area is 51.9 Å². The number of ketones is 1. The van der Waals surface area contributed by atoms with Gasteiger partial charge in [0.25, 0.3) is 0 Å². The summed E-state index contributed by atoms with van der Waals surface area (Å²) in [7, 11) is 0. The lowest BCUT2D eigenvalue weighted by Gasteiger charge is -1.86. The van der Waals surface area contributed by atoms with E-state index >= 15 is 0 Å². The second kappa shape index (κ2) is 3.59. The Morgan fingerprint density at radius 3 is 2.56 bits per heavy atom. The van der Waals surface area contributed by atoms with Crippen molar-refractivity contribution in [3.05, 3.63) is 0 Å². The molecule has 0 heterocycles. The van der Waals surface area contributed by atoms with E-state index in [1.54, 1.807) is 0 Å². The van der Waals surface area contributed by atoms with Crippen LogP contribution < -0.4 is 11.2 Å². The number of Topliss-reactive ketones (excluding diaryl/α,β-unsaturated/α-hetero) is 1. The number of rotatable bonds is 2. The number of amides is 2. The maximum atomic E-state index is 10.1. The summed E-state index contributed by atoms with van der Waals surface area (Å²) >= 11 is 0. The van der Waals surface area contributed by atoms with Crippen molar-refractivity contribution in [2.45, 2.75) is 6.92 Å². The van der Waals surface area contributed by atoms with Crippen molar-refractivity contribution in [2.75, 3.05) is 0 Å². The van der Waals surface area contributed by atoms with Crippen LogP contribution in [0.1, 0.15) is 6.92 Å². The van der Waals surface area contributed by atoms with Crippen LogP contribution in [-0.2, 0) is 4.79 Å². The molecule has 5 nitrogen and oxygen atoms in total. The number of primary amides is 1. The van der Waals surface area contributed by atoms with Gasteiger partial charge in [-0.15, -0.1) is 0 Å². The highest BCUT2D eigenvalue weighted by Crippen LogP contribution is 1.60. The van der Waals surface area contributed by atoms with Crippen molar-refractivity contribution in [1.82, 2.24) is 5.43 Å². The molecule has 3 N–H and O–H groups in total. The summed E-state index contributed by atoms with van der Waals surface area (Å²) in [6.07, 6.45) is 0.963. The molecule has 0 atom stereocenters. The Bertz CT molecular complexity index is 152. The van der Waals surface area contributed by atoms with E-state index in [1.807, 2.05) is 5.43 Å². The van der Waals surface area contributed by atoms with E-state index in [-0.39, 0.29) is 5.78 Å². The maximum Gasteiger partial charge on any atom is 0.332 e. The van der Waals surface area contributed by atoms with Gasteiger partial charge in [-0.1, -0.05) is 0 Å². The number of carbonyl (C=O) groups excluding carboxylic acids is 2. The Hall–Kier alpha value is -1.39. The van der Waals surface area contributed by atoms with E-state index < -0.39 is 6.03 Å². The molecule has 0 saturated carbocycles. The number of hydrogen-bond donors (Lipinski definition) is 2. The first-order valence-corrected chi connectivity index (χ1v) is 2.22. The average molecular weight is 129 g/mol. The van der Waals surface area contributed by atoms with Gasteiger partial charge in [-0.2, -0.15) is 5.10 Å². The SMILES string of the molecule is CC(=O)C=NNC(N)=O. The first-order chi connectivity index (χ1) is 4.13. The molecule has 0 aromatic rings. The maximum absolute atomic E-state index is 10.1. The predicted octanol–water partition coefficient (Wildman–Crippen LogP) is -0.770. The summed E-state index contributed by atoms with van der Waals surface area (Å²) in [4.78, 5) is 20.0. The van der Waals surface area contributed by atoms with Crippen LogP contribution in [0.5, 0.6) is 0 Å². The van der Waals surface area contributed by atoms with Gasteiger partial charge in [0.1, 0.15) is 0 Å². The smallest absolute Gasteiger partial charge is 0.332 e. The largest absolute Gasteiger partial charge is 0.350 e. The highest BCUT2D eigenvalue weighted by atomic mass is 16.2. The highest BCUT2D eigenvalue weighted by Gasteiger charge is 1.84. The van der Waals surface area contributed by atoms with Gasteiger partial charge in [-0.3, -0.25) is 4.79 Å². The Kier molecular flexibility index (Phi) is 3.04. The molecule has 9 heavy (non-hydrogen) atoms. The molecule has 0 aliphatic heterocycles.